The quantitative estimate of drug-likeness (QED) is 0.345. The van der Waals surface area contributed by atoms with Crippen molar-refractivity contribution in [3.05, 3.63) is 88.1 Å². The number of hydrogen-bond donors (Lipinski definition) is 2. The van der Waals surface area contributed by atoms with Crippen molar-refractivity contribution in [2.45, 2.75) is 31.7 Å². The number of carbonyl (C=O) groups is 1. The maximum Gasteiger partial charge on any atom is 0.335 e. The number of imidazole rings is 1. The summed E-state index contributed by atoms with van der Waals surface area (Å²) < 4.78 is 3.84. The third kappa shape index (κ3) is 4.01. The number of aromatic amines is 1. The van der Waals surface area contributed by atoms with Gasteiger partial charge in [0.1, 0.15) is 5.65 Å². The number of aryl methyl sites for hydroxylation is 2. The van der Waals surface area contributed by atoms with Gasteiger partial charge in [-0.15, -0.1) is 0 Å². The van der Waals surface area contributed by atoms with Crippen LogP contribution in [0.4, 0.5) is 0 Å². The molecule has 2 aromatic carbocycles. The van der Waals surface area contributed by atoms with Crippen molar-refractivity contribution in [3.63, 3.8) is 0 Å². The minimum absolute atomic E-state index is 0.117. The molecule has 8 heteroatoms. The second-order valence-corrected chi connectivity index (χ2v) is 10.4. The first-order chi connectivity index (χ1) is 18.3. The monoisotopic (exact) mass is 509 g/mol. The average molecular weight is 510 g/mol. The highest BCUT2D eigenvalue weighted by atomic mass is 16.4. The van der Waals surface area contributed by atoms with Crippen LogP contribution in [0, 0.1) is 0 Å². The molecule has 194 valence electrons. The number of pyridine rings is 1. The number of fused-ring (bicyclic) bond motifs is 2. The van der Waals surface area contributed by atoms with Gasteiger partial charge in [-0.3, -0.25) is 9.47 Å². The van der Waals surface area contributed by atoms with Crippen LogP contribution < -0.4 is 5.69 Å². The first kappa shape index (κ1) is 24.2. The molecule has 3 aromatic heterocycles. The summed E-state index contributed by atoms with van der Waals surface area (Å²) in [5.74, 6) is -0.440. The van der Waals surface area contributed by atoms with Gasteiger partial charge in [0.15, 0.2) is 0 Å². The Kier molecular flexibility index (Phi) is 5.91. The molecule has 0 amide bonds. The zero-order valence-corrected chi connectivity index (χ0v) is 21.8. The van der Waals surface area contributed by atoms with Crippen molar-refractivity contribution in [2.75, 3.05) is 13.1 Å². The van der Waals surface area contributed by atoms with Gasteiger partial charge in [0.2, 0.25) is 0 Å². The van der Waals surface area contributed by atoms with E-state index in [1.54, 1.807) is 23.7 Å². The van der Waals surface area contributed by atoms with Crippen LogP contribution >= 0.6 is 0 Å². The van der Waals surface area contributed by atoms with Crippen molar-refractivity contribution < 1.29 is 9.90 Å². The third-order valence-corrected chi connectivity index (χ3v) is 8.32. The van der Waals surface area contributed by atoms with Crippen molar-refractivity contribution in [3.8, 4) is 11.1 Å². The van der Waals surface area contributed by atoms with Crippen LogP contribution in [-0.4, -0.2) is 48.2 Å². The van der Waals surface area contributed by atoms with E-state index in [4.69, 9.17) is 4.98 Å². The predicted molar refractivity (Wildman–Crippen MR) is 149 cm³/mol. The van der Waals surface area contributed by atoms with E-state index in [9.17, 15) is 14.7 Å². The Morgan fingerprint density at radius 2 is 1.76 bits per heavy atom. The molecule has 5 aromatic rings. The van der Waals surface area contributed by atoms with E-state index in [1.807, 2.05) is 30.5 Å². The summed E-state index contributed by atoms with van der Waals surface area (Å²) in [6.45, 7) is 4.22. The van der Waals surface area contributed by atoms with E-state index in [0.717, 1.165) is 59.1 Å². The minimum Gasteiger partial charge on any atom is -0.478 e. The molecule has 0 spiro atoms. The number of nitrogens with zero attached hydrogens (tertiary/aromatic N) is 4. The smallest absolute Gasteiger partial charge is 0.335 e. The second-order valence-electron chi connectivity index (χ2n) is 10.4. The number of carboxylic acids is 1. The summed E-state index contributed by atoms with van der Waals surface area (Å²) >= 11 is 0. The number of carboxylic acid groups (broad SMARTS) is 1. The molecular weight excluding hydrogens is 478 g/mol. The highest BCUT2D eigenvalue weighted by Crippen LogP contribution is 2.36. The van der Waals surface area contributed by atoms with Crippen LogP contribution in [0.25, 0.3) is 33.2 Å². The minimum atomic E-state index is -0.886. The Labute approximate surface area is 220 Å². The van der Waals surface area contributed by atoms with Crippen LogP contribution in [-0.2, 0) is 14.1 Å². The number of likely N-dealkylation sites (tertiary alicyclic amines) is 1. The van der Waals surface area contributed by atoms with Gasteiger partial charge >= 0.3 is 11.7 Å². The molecule has 0 aliphatic carbocycles. The first-order valence-corrected chi connectivity index (χ1v) is 13.0. The van der Waals surface area contributed by atoms with Gasteiger partial charge in [-0.2, -0.15) is 0 Å². The standard InChI is InChI=1S/C30H31N5O3/c1-18(35-14-11-20(12-15-35)19-4-6-21(7-5-19)29(36)37)26-17-24-23(10-13-31-28(24)33(26)2)22-8-9-25-27(16-22)34(3)30(38)32-25/h4-10,13,16-18,20H,11-12,14-15H2,1-3H3,(H,32,38)(H,36,37)/t18-/m0/s1. The molecule has 1 fully saturated rings. The largest absolute Gasteiger partial charge is 0.478 e. The lowest BCUT2D eigenvalue weighted by molar-refractivity contribution is 0.0697. The fraction of sp³-hybridized carbons (Fsp3) is 0.300. The topological polar surface area (TPSA) is 96.2 Å². The molecule has 1 atom stereocenters. The molecule has 1 saturated heterocycles. The average Bonchev–Trinajstić information content (AvgIpc) is 3.43. The number of H-pyrrole nitrogens is 1. The Bertz CT molecular complexity index is 1720. The zero-order chi connectivity index (χ0) is 26.6. The SMILES string of the molecule is C[C@@H](c1cc2c(-c3ccc4[nH]c(=O)n(C)c4c3)ccnc2n1C)N1CCC(c2ccc(C(=O)O)cc2)CC1. The summed E-state index contributed by atoms with van der Waals surface area (Å²) in [7, 11) is 3.87. The van der Waals surface area contributed by atoms with Crippen LogP contribution in [0.3, 0.4) is 0 Å². The molecule has 1 aliphatic heterocycles. The van der Waals surface area contributed by atoms with E-state index >= 15 is 0 Å². The van der Waals surface area contributed by atoms with Crippen LogP contribution in [0.5, 0.6) is 0 Å². The van der Waals surface area contributed by atoms with Gasteiger partial charge in [-0.25, -0.2) is 14.6 Å². The van der Waals surface area contributed by atoms with E-state index in [0.29, 0.717) is 11.5 Å². The number of aromatic carboxylic acids is 1. The number of benzene rings is 2. The number of aromatic nitrogens is 4. The summed E-state index contributed by atoms with van der Waals surface area (Å²) in [5.41, 5.74) is 7.46. The first-order valence-electron chi connectivity index (χ1n) is 13.0. The maximum atomic E-state index is 12.1. The van der Waals surface area contributed by atoms with E-state index < -0.39 is 5.97 Å². The second kappa shape index (κ2) is 9.29. The van der Waals surface area contributed by atoms with Gasteiger partial charge in [0.25, 0.3) is 0 Å². The van der Waals surface area contributed by atoms with Crippen molar-refractivity contribution >= 4 is 28.0 Å². The van der Waals surface area contributed by atoms with Gasteiger partial charge in [-0.05, 0) is 91.9 Å². The molecule has 2 N–H and O–H groups in total. The molecule has 6 rings (SSSR count). The lowest BCUT2D eigenvalue weighted by Gasteiger charge is -2.36. The molecule has 38 heavy (non-hydrogen) atoms. The summed E-state index contributed by atoms with van der Waals surface area (Å²) in [6, 6.07) is 18.0. The lowest BCUT2D eigenvalue weighted by Crippen LogP contribution is -2.35. The van der Waals surface area contributed by atoms with Crippen molar-refractivity contribution in [1.29, 1.82) is 0 Å². The molecule has 8 nitrogen and oxygen atoms in total. The molecule has 0 saturated carbocycles. The van der Waals surface area contributed by atoms with Crippen molar-refractivity contribution in [1.82, 2.24) is 24.0 Å². The lowest BCUT2D eigenvalue weighted by atomic mass is 9.88. The Hall–Kier alpha value is -4.17. The third-order valence-electron chi connectivity index (χ3n) is 8.32. The Morgan fingerprint density at radius 3 is 2.47 bits per heavy atom. The molecule has 0 bridgehead atoms. The molecule has 0 radical (unpaired) electrons. The molecular formula is C30H31N5O3. The number of rotatable bonds is 5. The molecule has 1 aliphatic rings. The Balaban J connectivity index is 1.26. The zero-order valence-electron chi connectivity index (χ0n) is 21.8. The summed E-state index contributed by atoms with van der Waals surface area (Å²) in [4.78, 5) is 33.4. The normalized spacial score (nSPS) is 15.9. The van der Waals surface area contributed by atoms with Gasteiger partial charge in [0.05, 0.1) is 16.6 Å². The number of nitrogens with one attached hydrogen (secondary N) is 1. The molecule has 4 heterocycles. The van der Waals surface area contributed by atoms with Crippen LogP contribution in [0.1, 0.15) is 53.3 Å². The van der Waals surface area contributed by atoms with Gasteiger partial charge in [-0.1, -0.05) is 18.2 Å². The fourth-order valence-corrected chi connectivity index (χ4v) is 5.99. The van der Waals surface area contributed by atoms with E-state index in [1.165, 1.54) is 11.3 Å². The van der Waals surface area contributed by atoms with Crippen LogP contribution in [0.15, 0.2) is 65.6 Å². The number of hydrogen-bond acceptors (Lipinski definition) is 4. The van der Waals surface area contributed by atoms with E-state index in [-0.39, 0.29) is 11.7 Å². The maximum absolute atomic E-state index is 12.1. The summed E-state index contributed by atoms with van der Waals surface area (Å²) in [6.07, 6.45) is 3.94. The van der Waals surface area contributed by atoms with Crippen LogP contribution in [0.2, 0.25) is 0 Å². The fourth-order valence-electron chi connectivity index (χ4n) is 5.99. The van der Waals surface area contributed by atoms with Crippen molar-refractivity contribution in [2.24, 2.45) is 14.1 Å². The van der Waals surface area contributed by atoms with Gasteiger partial charge in [0, 0.05) is 37.4 Å². The van der Waals surface area contributed by atoms with E-state index in [2.05, 4.69) is 46.6 Å². The number of piperidine rings is 1. The highest BCUT2D eigenvalue weighted by Gasteiger charge is 2.27. The van der Waals surface area contributed by atoms with Gasteiger partial charge < -0.3 is 14.7 Å². The Morgan fingerprint density at radius 1 is 1.03 bits per heavy atom. The highest BCUT2D eigenvalue weighted by molar-refractivity contribution is 5.96. The summed E-state index contributed by atoms with van der Waals surface area (Å²) in [5, 5.41) is 10.3. The predicted octanol–water partition coefficient (Wildman–Crippen LogP) is 5.06. The molecule has 0 unspecified atom stereocenters.